The van der Waals surface area contributed by atoms with E-state index in [4.69, 9.17) is 11.6 Å². The molecular formula is C11H11ClFNO4S. The van der Waals surface area contributed by atoms with Gasteiger partial charge in [-0.05, 0) is 12.1 Å². The van der Waals surface area contributed by atoms with Crippen LogP contribution in [0.25, 0.3) is 0 Å². The van der Waals surface area contributed by atoms with Crippen molar-refractivity contribution in [1.29, 1.82) is 0 Å². The van der Waals surface area contributed by atoms with Gasteiger partial charge in [0.05, 0.1) is 16.5 Å². The van der Waals surface area contributed by atoms with Crippen LogP contribution in [0.5, 0.6) is 5.75 Å². The van der Waals surface area contributed by atoms with E-state index in [0.29, 0.717) is 0 Å². The molecule has 5 nitrogen and oxygen atoms in total. The summed E-state index contributed by atoms with van der Waals surface area (Å²) in [7, 11) is -4.62. The largest absolute Gasteiger partial charge is 0.504 e. The second kappa shape index (κ2) is 4.97. The molecule has 2 rings (SSSR count). The van der Waals surface area contributed by atoms with Crippen LogP contribution in [-0.4, -0.2) is 31.7 Å². The molecule has 1 aromatic carbocycles. The average molecular weight is 308 g/mol. The number of anilines is 1. The number of carbonyl (C=O) groups is 1. The monoisotopic (exact) mass is 307 g/mol. The van der Waals surface area contributed by atoms with Crippen molar-refractivity contribution in [2.75, 3.05) is 17.2 Å². The molecule has 1 amide bonds. The predicted octanol–water partition coefficient (Wildman–Crippen LogP) is 1.70. The minimum Gasteiger partial charge on any atom is -0.504 e. The van der Waals surface area contributed by atoms with Gasteiger partial charge in [-0.25, -0.2) is 0 Å². The summed E-state index contributed by atoms with van der Waals surface area (Å²) < 4.78 is 33.8. The second-order valence-electron chi connectivity index (χ2n) is 4.39. The summed E-state index contributed by atoms with van der Waals surface area (Å²) in [6.45, 7) is 0.0376. The fourth-order valence-corrected chi connectivity index (χ4v) is 3.09. The summed E-state index contributed by atoms with van der Waals surface area (Å²) in [6, 6.07) is 4.51. The zero-order valence-corrected chi connectivity index (χ0v) is 11.3. The number of rotatable bonds is 3. The van der Waals surface area contributed by atoms with Crippen LogP contribution < -0.4 is 4.90 Å². The number of benzene rings is 1. The molecule has 8 heteroatoms. The third-order valence-corrected chi connectivity index (χ3v) is 4.07. The Morgan fingerprint density at radius 1 is 1.47 bits per heavy atom. The van der Waals surface area contributed by atoms with E-state index >= 15 is 0 Å². The zero-order chi connectivity index (χ0) is 14.2. The molecule has 1 heterocycles. The number of phenols is 1. The van der Waals surface area contributed by atoms with Gasteiger partial charge in [-0.1, -0.05) is 17.7 Å². The quantitative estimate of drug-likeness (QED) is 0.862. The Morgan fingerprint density at radius 2 is 2.16 bits per heavy atom. The van der Waals surface area contributed by atoms with E-state index in [2.05, 4.69) is 0 Å². The maximum Gasteiger partial charge on any atom is 0.302 e. The van der Waals surface area contributed by atoms with Crippen molar-refractivity contribution >= 4 is 33.4 Å². The van der Waals surface area contributed by atoms with Crippen LogP contribution in [0.2, 0.25) is 5.02 Å². The van der Waals surface area contributed by atoms with E-state index in [0.717, 1.165) is 0 Å². The molecule has 0 saturated carbocycles. The first kappa shape index (κ1) is 14.1. The van der Waals surface area contributed by atoms with Crippen molar-refractivity contribution in [3.63, 3.8) is 0 Å². The number of para-hydroxylation sites is 1. The number of carbonyl (C=O) groups excluding carboxylic acids is 1. The Kier molecular flexibility index (Phi) is 3.69. The molecule has 104 valence electrons. The van der Waals surface area contributed by atoms with E-state index < -0.39 is 21.9 Å². The maximum absolute atomic E-state index is 12.6. The van der Waals surface area contributed by atoms with Gasteiger partial charge in [-0.2, -0.15) is 8.42 Å². The molecule has 1 atom stereocenters. The lowest BCUT2D eigenvalue weighted by Crippen LogP contribution is -2.25. The number of halogens is 2. The van der Waals surface area contributed by atoms with Crippen molar-refractivity contribution in [3.8, 4) is 5.75 Å². The molecule has 19 heavy (non-hydrogen) atoms. The Hall–Kier alpha value is -1.34. The lowest BCUT2D eigenvalue weighted by molar-refractivity contribution is -0.117. The molecule has 0 bridgehead atoms. The number of hydrogen-bond donors (Lipinski definition) is 1. The first-order chi connectivity index (χ1) is 8.78. The Labute approximate surface area is 114 Å². The smallest absolute Gasteiger partial charge is 0.302 e. The Morgan fingerprint density at radius 3 is 2.79 bits per heavy atom. The molecule has 1 aliphatic heterocycles. The molecule has 1 aliphatic rings. The molecule has 0 aliphatic carbocycles. The highest BCUT2D eigenvalue weighted by molar-refractivity contribution is 7.86. The zero-order valence-electron chi connectivity index (χ0n) is 9.71. The Bertz CT molecular complexity index is 619. The van der Waals surface area contributed by atoms with Crippen LogP contribution in [0.15, 0.2) is 18.2 Å². The van der Waals surface area contributed by atoms with Gasteiger partial charge in [-0.15, -0.1) is 3.89 Å². The van der Waals surface area contributed by atoms with Gasteiger partial charge in [0.2, 0.25) is 5.91 Å². The fourth-order valence-electron chi connectivity index (χ4n) is 2.13. The van der Waals surface area contributed by atoms with Crippen LogP contribution in [0, 0.1) is 5.92 Å². The third-order valence-electron chi connectivity index (χ3n) is 2.90. The minimum absolute atomic E-state index is 0.0376. The molecule has 1 aromatic rings. The maximum atomic E-state index is 12.6. The molecular weight excluding hydrogens is 297 g/mol. The SMILES string of the molecule is O=C1CC(CS(=O)(=O)F)CN1c1cccc(Cl)c1O. The number of aromatic hydroxyl groups is 1. The van der Waals surface area contributed by atoms with E-state index in [-0.39, 0.29) is 35.3 Å². The van der Waals surface area contributed by atoms with Crippen LogP contribution in [-0.2, 0) is 15.0 Å². The summed E-state index contributed by atoms with van der Waals surface area (Å²) in [5.74, 6) is -1.94. The topological polar surface area (TPSA) is 74.7 Å². The lowest BCUT2D eigenvalue weighted by atomic mass is 10.1. The average Bonchev–Trinajstić information content (AvgIpc) is 2.61. The number of phenolic OH excluding ortho intramolecular Hbond substituents is 1. The molecule has 1 fully saturated rings. The number of nitrogens with zero attached hydrogens (tertiary/aromatic N) is 1. The normalized spacial score (nSPS) is 20.0. The highest BCUT2D eigenvalue weighted by Gasteiger charge is 2.34. The molecule has 1 N–H and O–H groups in total. The van der Waals surface area contributed by atoms with Gasteiger partial charge in [0, 0.05) is 18.9 Å². The Balaban J connectivity index is 2.23. The molecule has 0 radical (unpaired) electrons. The van der Waals surface area contributed by atoms with Crippen molar-refractivity contribution in [2.24, 2.45) is 5.92 Å². The van der Waals surface area contributed by atoms with Crippen LogP contribution in [0.4, 0.5) is 9.57 Å². The molecule has 1 unspecified atom stereocenters. The highest BCUT2D eigenvalue weighted by atomic mass is 35.5. The summed E-state index contributed by atoms with van der Waals surface area (Å²) in [6.07, 6.45) is -0.0743. The van der Waals surface area contributed by atoms with Crippen molar-refractivity contribution in [1.82, 2.24) is 0 Å². The van der Waals surface area contributed by atoms with Crippen LogP contribution in [0.3, 0.4) is 0 Å². The summed E-state index contributed by atoms with van der Waals surface area (Å²) in [5, 5.41) is 9.87. The minimum atomic E-state index is -4.62. The van der Waals surface area contributed by atoms with Gasteiger partial charge in [0.1, 0.15) is 0 Å². The summed E-state index contributed by atoms with van der Waals surface area (Å²) in [5.41, 5.74) is 0.205. The lowest BCUT2D eigenvalue weighted by Gasteiger charge is -2.18. The van der Waals surface area contributed by atoms with Crippen molar-refractivity contribution in [2.45, 2.75) is 6.42 Å². The fraction of sp³-hybridized carbons (Fsp3) is 0.364. The standard InChI is InChI=1S/C11H11ClFNO4S/c12-8-2-1-3-9(11(8)16)14-5-7(4-10(14)15)6-19(13,17)18/h1-3,7,16H,4-6H2. The first-order valence-electron chi connectivity index (χ1n) is 5.48. The van der Waals surface area contributed by atoms with Crippen LogP contribution >= 0.6 is 11.6 Å². The third kappa shape index (κ3) is 3.16. The molecule has 0 aromatic heterocycles. The van der Waals surface area contributed by atoms with Gasteiger partial charge < -0.3 is 10.0 Å². The van der Waals surface area contributed by atoms with E-state index in [1.165, 1.54) is 17.0 Å². The predicted molar refractivity (Wildman–Crippen MR) is 68.5 cm³/mol. The molecule has 0 spiro atoms. The summed E-state index contributed by atoms with van der Waals surface area (Å²) >= 11 is 5.74. The van der Waals surface area contributed by atoms with Crippen molar-refractivity contribution < 1.29 is 22.2 Å². The highest BCUT2D eigenvalue weighted by Crippen LogP contribution is 2.37. The van der Waals surface area contributed by atoms with Gasteiger partial charge in [-0.3, -0.25) is 4.79 Å². The first-order valence-corrected chi connectivity index (χ1v) is 7.41. The van der Waals surface area contributed by atoms with Gasteiger partial charge in [0.15, 0.2) is 5.75 Å². The van der Waals surface area contributed by atoms with Crippen LogP contribution in [0.1, 0.15) is 6.42 Å². The summed E-state index contributed by atoms with van der Waals surface area (Å²) in [4.78, 5) is 13.0. The van der Waals surface area contributed by atoms with E-state index in [1.807, 2.05) is 0 Å². The van der Waals surface area contributed by atoms with Gasteiger partial charge >= 0.3 is 10.2 Å². The van der Waals surface area contributed by atoms with Crippen molar-refractivity contribution in [3.05, 3.63) is 23.2 Å². The van der Waals surface area contributed by atoms with E-state index in [1.54, 1.807) is 6.07 Å². The van der Waals surface area contributed by atoms with Gasteiger partial charge in [0.25, 0.3) is 0 Å². The molecule has 1 saturated heterocycles. The van der Waals surface area contributed by atoms with E-state index in [9.17, 15) is 22.2 Å². The second-order valence-corrected chi connectivity index (χ2v) is 6.21. The number of hydrogen-bond acceptors (Lipinski definition) is 4. The number of amides is 1.